The second-order valence-corrected chi connectivity index (χ2v) is 4.00. The van der Waals surface area contributed by atoms with Crippen LogP contribution in [0.5, 0.6) is 0 Å². The summed E-state index contributed by atoms with van der Waals surface area (Å²) in [6.45, 7) is 12.3. The summed E-state index contributed by atoms with van der Waals surface area (Å²) in [6, 6.07) is 8.15. The Morgan fingerprint density at radius 3 is 1.96 bits per heavy atom. The van der Waals surface area contributed by atoms with Crippen molar-refractivity contribution in [2.24, 2.45) is 0 Å². The topological polar surface area (TPSA) is 63.7 Å². The van der Waals surface area contributed by atoms with Crippen LogP contribution in [0.3, 0.4) is 0 Å². The first-order chi connectivity index (χ1) is 11.0. The third-order valence-corrected chi connectivity index (χ3v) is 2.29. The van der Waals surface area contributed by atoms with Crippen LogP contribution in [0.1, 0.15) is 57.8 Å². The summed E-state index contributed by atoms with van der Waals surface area (Å²) in [5, 5.41) is 0.481. The van der Waals surface area contributed by atoms with Gasteiger partial charge in [0, 0.05) is 13.3 Å². The highest BCUT2D eigenvalue weighted by Gasteiger charge is 2.22. The van der Waals surface area contributed by atoms with Crippen molar-refractivity contribution in [2.75, 3.05) is 0 Å². The Balaban J connectivity index is 0. The molecule has 0 N–H and O–H groups in total. The number of imide groups is 1. The minimum Gasteiger partial charge on any atom is -0.325 e. The van der Waals surface area contributed by atoms with Gasteiger partial charge in [-0.3, -0.25) is 9.59 Å². The number of benzene rings is 1. The molecule has 1 aromatic carbocycles. The van der Waals surface area contributed by atoms with E-state index in [1.165, 1.54) is 12.1 Å². The maximum Gasteiger partial charge on any atom is 0.363 e. The SMILES string of the molecule is C=CCC.CC.CCC(=O)N(OC(=O)c1ccccc1)C(C)=O. The van der Waals surface area contributed by atoms with Crippen LogP contribution in [0.4, 0.5) is 0 Å². The molecule has 0 aromatic heterocycles. The van der Waals surface area contributed by atoms with Gasteiger partial charge in [0.25, 0.3) is 11.8 Å². The highest BCUT2D eigenvalue weighted by atomic mass is 16.7. The minimum atomic E-state index is -0.734. The van der Waals surface area contributed by atoms with E-state index in [-0.39, 0.29) is 12.0 Å². The van der Waals surface area contributed by atoms with E-state index < -0.39 is 17.8 Å². The summed E-state index contributed by atoms with van der Waals surface area (Å²) in [5.74, 6) is -1.91. The van der Waals surface area contributed by atoms with Crippen LogP contribution in [0, 0.1) is 0 Å². The molecule has 1 aromatic rings. The highest BCUT2D eigenvalue weighted by Crippen LogP contribution is 2.05. The molecule has 0 fully saturated rings. The molecule has 1 rings (SSSR count). The Bertz CT molecular complexity index is 483. The van der Waals surface area contributed by atoms with Crippen LogP contribution in [0.2, 0.25) is 0 Å². The molecule has 0 bridgehead atoms. The summed E-state index contributed by atoms with van der Waals surface area (Å²) in [5.41, 5.74) is 0.280. The molecule has 0 aliphatic rings. The largest absolute Gasteiger partial charge is 0.363 e. The highest BCUT2D eigenvalue weighted by molar-refractivity contribution is 5.96. The fraction of sp³-hybridized carbons (Fsp3) is 0.389. The molecule has 0 atom stereocenters. The molecule has 0 aliphatic heterocycles. The van der Waals surface area contributed by atoms with Gasteiger partial charge in [0.1, 0.15) is 0 Å². The van der Waals surface area contributed by atoms with E-state index in [1.54, 1.807) is 25.1 Å². The predicted octanol–water partition coefficient (Wildman–Crippen LogP) is 4.15. The monoisotopic (exact) mass is 321 g/mol. The number of hydrogen-bond acceptors (Lipinski definition) is 4. The van der Waals surface area contributed by atoms with E-state index >= 15 is 0 Å². The molecule has 128 valence electrons. The summed E-state index contributed by atoms with van der Waals surface area (Å²) < 4.78 is 0. The number of rotatable bonds is 3. The first-order valence-corrected chi connectivity index (χ1v) is 7.69. The lowest BCUT2D eigenvalue weighted by Crippen LogP contribution is -2.36. The third kappa shape index (κ3) is 10.0. The van der Waals surface area contributed by atoms with E-state index in [9.17, 15) is 14.4 Å². The van der Waals surface area contributed by atoms with Gasteiger partial charge in [0.05, 0.1) is 5.56 Å². The van der Waals surface area contributed by atoms with Crippen LogP contribution < -0.4 is 0 Å². The molecule has 0 aliphatic carbocycles. The number of hydroxylamine groups is 2. The van der Waals surface area contributed by atoms with Crippen molar-refractivity contribution in [1.82, 2.24) is 5.06 Å². The third-order valence-electron chi connectivity index (χ3n) is 2.29. The number of carbonyl (C=O) groups is 3. The lowest BCUT2D eigenvalue weighted by Gasteiger charge is -2.16. The molecule has 5 nitrogen and oxygen atoms in total. The van der Waals surface area contributed by atoms with Gasteiger partial charge in [-0.15, -0.1) is 11.6 Å². The van der Waals surface area contributed by atoms with Crippen molar-refractivity contribution >= 4 is 17.8 Å². The molecule has 0 heterocycles. The first kappa shape index (κ1) is 22.8. The van der Waals surface area contributed by atoms with Gasteiger partial charge in [-0.05, 0) is 18.6 Å². The Morgan fingerprint density at radius 1 is 1.13 bits per heavy atom. The number of amides is 2. The maximum atomic E-state index is 11.6. The molecule has 5 heteroatoms. The van der Waals surface area contributed by atoms with Crippen molar-refractivity contribution in [3.8, 4) is 0 Å². The van der Waals surface area contributed by atoms with E-state index in [2.05, 4.69) is 13.5 Å². The van der Waals surface area contributed by atoms with Crippen molar-refractivity contribution in [1.29, 1.82) is 0 Å². The number of nitrogens with zero attached hydrogens (tertiary/aromatic N) is 1. The molecule has 0 spiro atoms. The normalized spacial score (nSPS) is 8.39. The number of carbonyl (C=O) groups excluding carboxylic acids is 3. The van der Waals surface area contributed by atoms with Gasteiger partial charge < -0.3 is 4.84 Å². The van der Waals surface area contributed by atoms with Gasteiger partial charge in [0.2, 0.25) is 0 Å². The summed E-state index contributed by atoms with van der Waals surface area (Å²) in [4.78, 5) is 38.8. The van der Waals surface area contributed by atoms with Crippen molar-refractivity contribution in [3.05, 3.63) is 48.6 Å². The van der Waals surface area contributed by atoms with Crippen LogP contribution in [0.15, 0.2) is 43.0 Å². The van der Waals surface area contributed by atoms with Crippen molar-refractivity contribution in [2.45, 2.75) is 47.5 Å². The average molecular weight is 321 g/mol. The second-order valence-electron chi connectivity index (χ2n) is 4.00. The molecule has 0 saturated heterocycles. The minimum absolute atomic E-state index is 0.0850. The molecule has 23 heavy (non-hydrogen) atoms. The van der Waals surface area contributed by atoms with Crippen molar-refractivity contribution < 1.29 is 19.2 Å². The van der Waals surface area contributed by atoms with Gasteiger partial charge in [-0.2, -0.15) is 0 Å². The van der Waals surface area contributed by atoms with Crippen LogP contribution >= 0.6 is 0 Å². The summed E-state index contributed by atoms with van der Waals surface area (Å²) in [6.07, 6.45) is 3.04. The molecular formula is C18H27NO4. The second kappa shape index (κ2) is 14.5. The fourth-order valence-electron chi connectivity index (χ4n) is 1.14. The van der Waals surface area contributed by atoms with E-state index in [4.69, 9.17) is 4.84 Å². The maximum absolute atomic E-state index is 11.6. The zero-order chi connectivity index (χ0) is 18.3. The zero-order valence-corrected chi connectivity index (χ0v) is 14.7. The predicted molar refractivity (Wildman–Crippen MR) is 91.5 cm³/mol. The Hall–Kier alpha value is -2.43. The molecule has 0 saturated carbocycles. The van der Waals surface area contributed by atoms with Crippen molar-refractivity contribution in [3.63, 3.8) is 0 Å². The molecule has 2 amide bonds. The van der Waals surface area contributed by atoms with Crippen LogP contribution in [0.25, 0.3) is 0 Å². The molecular weight excluding hydrogens is 294 g/mol. The van der Waals surface area contributed by atoms with Gasteiger partial charge >= 0.3 is 5.97 Å². The lowest BCUT2D eigenvalue weighted by atomic mass is 10.2. The summed E-state index contributed by atoms with van der Waals surface area (Å²) >= 11 is 0. The van der Waals surface area contributed by atoms with Crippen LogP contribution in [-0.4, -0.2) is 22.8 Å². The van der Waals surface area contributed by atoms with Gasteiger partial charge in [0.15, 0.2) is 0 Å². The van der Waals surface area contributed by atoms with E-state index in [0.717, 1.165) is 13.3 Å². The number of allylic oxidation sites excluding steroid dienone is 1. The van der Waals surface area contributed by atoms with Gasteiger partial charge in [-0.1, -0.05) is 52.0 Å². The van der Waals surface area contributed by atoms with Gasteiger partial charge in [-0.25, -0.2) is 4.79 Å². The Morgan fingerprint density at radius 2 is 1.61 bits per heavy atom. The standard InChI is InChI=1S/C12H13NO4.C4H8.C2H6/c1-3-11(15)13(9(2)14)17-12(16)10-7-5-4-6-8-10;1-3-4-2;1-2/h4-8H,3H2,1-2H3;3H,1,4H2,2H3;1-2H3. The number of hydrogen-bond donors (Lipinski definition) is 0. The molecule has 0 radical (unpaired) electrons. The van der Waals surface area contributed by atoms with E-state index in [0.29, 0.717) is 5.06 Å². The lowest BCUT2D eigenvalue weighted by molar-refractivity contribution is -0.178. The average Bonchev–Trinajstić information content (AvgIpc) is 2.61. The molecule has 0 unspecified atom stereocenters. The quantitative estimate of drug-likeness (QED) is 0.619. The first-order valence-electron chi connectivity index (χ1n) is 7.69. The Kier molecular flexibility index (Phi) is 14.4. The zero-order valence-electron chi connectivity index (χ0n) is 14.7. The van der Waals surface area contributed by atoms with E-state index in [1.807, 2.05) is 19.9 Å². The summed E-state index contributed by atoms with van der Waals surface area (Å²) in [7, 11) is 0. The van der Waals surface area contributed by atoms with Crippen LogP contribution in [-0.2, 0) is 14.4 Å². The fourth-order valence-corrected chi connectivity index (χ4v) is 1.14. The smallest absolute Gasteiger partial charge is 0.325 e. The Labute approximate surface area is 138 Å².